The summed E-state index contributed by atoms with van der Waals surface area (Å²) in [7, 11) is 0. The Balaban J connectivity index is 1.39. The Morgan fingerprint density at radius 3 is 2.41 bits per heavy atom. The van der Waals surface area contributed by atoms with Crippen LogP contribution in [0.3, 0.4) is 0 Å². The Hall–Kier alpha value is -2.57. The first-order valence-electron chi connectivity index (χ1n) is 11.0. The van der Waals surface area contributed by atoms with Gasteiger partial charge in [0.1, 0.15) is 0 Å². The monoisotopic (exact) mass is 463 g/mol. The predicted molar refractivity (Wildman–Crippen MR) is 133 cm³/mol. The van der Waals surface area contributed by atoms with Crippen molar-refractivity contribution in [2.24, 2.45) is 0 Å². The highest BCUT2D eigenvalue weighted by molar-refractivity contribution is 8.13. The van der Waals surface area contributed by atoms with Gasteiger partial charge in [0.15, 0.2) is 43.0 Å². The van der Waals surface area contributed by atoms with Crippen molar-refractivity contribution in [2.45, 2.75) is 37.8 Å². The van der Waals surface area contributed by atoms with Crippen molar-refractivity contribution in [3.8, 4) is 0 Å². The number of rotatable bonds is 9. The van der Waals surface area contributed by atoms with E-state index in [2.05, 4.69) is 93.4 Å². The molecule has 4 rings (SSSR count). The quantitative estimate of drug-likeness (QED) is 0.332. The van der Waals surface area contributed by atoms with Crippen LogP contribution in [0.4, 0.5) is 5.69 Å². The van der Waals surface area contributed by atoms with Gasteiger partial charge in [0.2, 0.25) is 0 Å². The average molecular weight is 464 g/mol. The van der Waals surface area contributed by atoms with E-state index >= 15 is 0 Å². The summed E-state index contributed by atoms with van der Waals surface area (Å²) >= 11 is 3.23. The number of pyridine rings is 2. The van der Waals surface area contributed by atoms with E-state index in [0.29, 0.717) is 0 Å². The van der Waals surface area contributed by atoms with Gasteiger partial charge in [-0.15, -0.1) is 0 Å². The van der Waals surface area contributed by atoms with Crippen LogP contribution in [-0.4, -0.2) is 17.4 Å². The molecule has 2 aromatic heterocycles. The summed E-state index contributed by atoms with van der Waals surface area (Å²) in [6.45, 7) is 4.57. The molecule has 1 aliphatic heterocycles. The third-order valence-corrected chi connectivity index (χ3v) is 7.30. The van der Waals surface area contributed by atoms with Crippen molar-refractivity contribution in [1.82, 2.24) is 0 Å². The smallest absolute Gasteiger partial charge is 0.185 e. The molecule has 1 aliphatic rings. The number of para-hydroxylation sites is 1. The van der Waals surface area contributed by atoms with Crippen LogP contribution in [-0.2, 0) is 17.9 Å². The lowest BCUT2D eigenvalue weighted by molar-refractivity contribution is -0.726. The topological polar surface area (TPSA) is 28.1 Å². The van der Waals surface area contributed by atoms with Gasteiger partial charge in [-0.25, -0.2) is 9.13 Å². The number of nitrogens with zero attached hydrogens (tertiary/aromatic N) is 3. The second-order valence-electron chi connectivity index (χ2n) is 7.73. The van der Waals surface area contributed by atoms with Crippen LogP contribution in [0.1, 0.15) is 25.3 Å². The van der Waals surface area contributed by atoms with Crippen LogP contribution in [0.15, 0.2) is 89.3 Å². The third kappa shape index (κ3) is 6.24. The molecule has 4 nitrogen and oxygen atoms in total. The molecule has 0 amide bonds. The Kier molecular flexibility index (Phi) is 8.02. The summed E-state index contributed by atoms with van der Waals surface area (Å²) in [6.07, 6.45) is 12.9. The molecule has 0 bridgehead atoms. The van der Waals surface area contributed by atoms with Crippen molar-refractivity contribution >= 4 is 40.4 Å². The standard InChI is InChI=1S/C26H29N3OS2/c1-22(30)31-20-8-17-29-24-9-3-4-10-25(24)32-26(29)21-23-11-18-28(19-12-23)16-7-15-27-13-5-2-6-14-27/h2-6,9-14,18-19,21H,7-8,15-17,20H2,1H3/q+2. The number of anilines is 1. The number of fused-ring (bicyclic) bond motifs is 1. The van der Waals surface area contributed by atoms with E-state index in [4.69, 9.17) is 0 Å². The van der Waals surface area contributed by atoms with E-state index in [0.717, 1.165) is 38.2 Å². The summed E-state index contributed by atoms with van der Waals surface area (Å²) in [5.41, 5.74) is 2.47. The van der Waals surface area contributed by atoms with Crippen LogP contribution in [0.2, 0.25) is 0 Å². The number of hydrogen-bond acceptors (Lipinski definition) is 4. The largest absolute Gasteiger partial charge is 0.335 e. The number of thioether (sulfide) groups is 2. The first-order valence-corrected chi connectivity index (χ1v) is 12.8. The number of hydrogen-bond donors (Lipinski definition) is 0. The van der Waals surface area contributed by atoms with Crippen molar-refractivity contribution in [1.29, 1.82) is 0 Å². The van der Waals surface area contributed by atoms with E-state index in [1.165, 1.54) is 32.9 Å². The lowest BCUT2D eigenvalue weighted by Gasteiger charge is -2.20. The maximum Gasteiger partial charge on any atom is 0.185 e. The fourth-order valence-electron chi connectivity index (χ4n) is 3.71. The van der Waals surface area contributed by atoms with Crippen molar-refractivity contribution in [3.05, 3.63) is 90.0 Å². The Bertz CT molecular complexity index is 1070. The molecule has 0 spiro atoms. The number of aromatic nitrogens is 2. The molecule has 0 saturated heterocycles. The Morgan fingerprint density at radius 1 is 0.938 bits per heavy atom. The molecule has 0 radical (unpaired) electrons. The Labute approximate surface area is 199 Å². The van der Waals surface area contributed by atoms with Gasteiger partial charge >= 0.3 is 0 Å². The highest BCUT2D eigenvalue weighted by atomic mass is 32.2. The van der Waals surface area contributed by atoms with Crippen LogP contribution < -0.4 is 14.0 Å². The van der Waals surface area contributed by atoms with Crippen LogP contribution in [0.25, 0.3) is 6.08 Å². The number of carbonyl (C=O) groups is 1. The molecule has 1 aromatic carbocycles. The molecule has 0 atom stereocenters. The van der Waals surface area contributed by atoms with Gasteiger partial charge < -0.3 is 4.90 Å². The molecule has 32 heavy (non-hydrogen) atoms. The molecule has 0 unspecified atom stereocenters. The highest BCUT2D eigenvalue weighted by Gasteiger charge is 2.24. The number of aryl methyl sites for hydroxylation is 2. The number of benzene rings is 1. The molecule has 0 aliphatic carbocycles. The second-order valence-corrected chi connectivity index (χ2v) is 10.1. The fraction of sp³-hybridized carbons (Fsp3) is 0.269. The van der Waals surface area contributed by atoms with Gasteiger partial charge in [-0.05, 0) is 30.2 Å². The SMILES string of the molecule is CC(=O)SCCCN1/C(=C/c2cc[n+](CCC[n+]3ccccc3)cc2)Sc2ccccc21. The van der Waals surface area contributed by atoms with Crippen LogP contribution in [0, 0.1) is 0 Å². The van der Waals surface area contributed by atoms with Gasteiger partial charge in [-0.3, -0.25) is 4.79 Å². The van der Waals surface area contributed by atoms with E-state index in [1.54, 1.807) is 6.92 Å². The Morgan fingerprint density at radius 2 is 1.66 bits per heavy atom. The van der Waals surface area contributed by atoms with Gasteiger partial charge in [-0.2, -0.15) is 0 Å². The van der Waals surface area contributed by atoms with E-state index in [-0.39, 0.29) is 5.12 Å². The maximum absolute atomic E-state index is 11.2. The zero-order valence-corrected chi connectivity index (χ0v) is 20.0. The first kappa shape index (κ1) is 22.6. The first-order chi connectivity index (χ1) is 15.7. The van der Waals surface area contributed by atoms with Gasteiger partial charge in [0, 0.05) is 48.4 Å². The van der Waals surface area contributed by atoms with Crippen molar-refractivity contribution < 1.29 is 13.9 Å². The molecule has 0 fully saturated rings. The summed E-state index contributed by atoms with van der Waals surface area (Å²) in [5, 5.41) is 1.44. The molecule has 0 N–H and O–H groups in total. The molecular weight excluding hydrogens is 434 g/mol. The second kappa shape index (κ2) is 11.3. The van der Waals surface area contributed by atoms with Gasteiger partial charge in [0.25, 0.3) is 0 Å². The average Bonchev–Trinajstić information content (AvgIpc) is 3.15. The fourth-order valence-corrected chi connectivity index (χ4v) is 5.42. The minimum Gasteiger partial charge on any atom is -0.335 e. The molecular formula is C26H29N3OS2+2. The summed E-state index contributed by atoms with van der Waals surface area (Å²) in [4.78, 5) is 14.9. The summed E-state index contributed by atoms with van der Waals surface area (Å²) < 4.78 is 4.47. The van der Waals surface area contributed by atoms with Gasteiger partial charge in [0.05, 0.1) is 17.1 Å². The zero-order chi connectivity index (χ0) is 22.2. The van der Waals surface area contributed by atoms with E-state index in [9.17, 15) is 4.79 Å². The molecule has 3 aromatic rings. The predicted octanol–water partition coefficient (Wildman–Crippen LogP) is 4.93. The number of carbonyl (C=O) groups excluding carboxylic acids is 1. The summed E-state index contributed by atoms with van der Waals surface area (Å²) in [6, 6.07) is 19.1. The molecule has 3 heterocycles. The molecule has 0 saturated carbocycles. The van der Waals surface area contributed by atoms with E-state index < -0.39 is 0 Å². The lowest BCUT2D eigenvalue weighted by atomic mass is 10.2. The maximum atomic E-state index is 11.2. The molecule has 164 valence electrons. The van der Waals surface area contributed by atoms with Gasteiger partial charge in [-0.1, -0.05) is 41.7 Å². The minimum absolute atomic E-state index is 0.192. The lowest BCUT2D eigenvalue weighted by Crippen LogP contribution is -2.38. The molecule has 6 heteroatoms. The normalized spacial score (nSPS) is 14.0. The van der Waals surface area contributed by atoms with Crippen LogP contribution in [0.5, 0.6) is 0 Å². The van der Waals surface area contributed by atoms with Crippen molar-refractivity contribution in [2.75, 3.05) is 17.2 Å². The van der Waals surface area contributed by atoms with Crippen LogP contribution >= 0.6 is 23.5 Å². The van der Waals surface area contributed by atoms with Crippen molar-refractivity contribution in [3.63, 3.8) is 0 Å². The summed E-state index contributed by atoms with van der Waals surface area (Å²) in [5.74, 6) is 0.860. The zero-order valence-electron chi connectivity index (χ0n) is 18.4. The van der Waals surface area contributed by atoms with E-state index in [1.807, 2.05) is 17.8 Å². The highest BCUT2D eigenvalue weighted by Crippen LogP contribution is 2.46. The minimum atomic E-state index is 0.192. The third-order valence-electron chi connectivity index (χ3n) is 5.28.